The molecular weight excluding hydrogens is 880 g/mol. The van der Waals surface area contributed by atoms with Crippen LogP contribution in [0.15, 0.2) is 97.7 Å². The molecule has 4 N–H and O–H groups in total. The van der Waals surface area contributed by atoms with Gasteiger partial charge in [-0.15, -0.1) is 0 Å². The summed E-state index contributed by atoms with van der Waals surface area (Å²) in [5, 5.41) is 21.8. The number of nitrogens with two attached hydrogens (primary N) is 1. The molecular formula is C36H30N8O15PS2-3. The lowest BCUT2D eigenvalue weighted by atomic mass is 10.1. The average Bonchev–Trinajstić information content (AvgIpc) is 3.88. The van der Waals surface area contributed by atoms with Crippen molar-refractivity contribution >= 4 is 51.2 Å². The number of fused-ring (bicyclic) bond motifs is 2. The summed E-state index contributed by atoms with van der Waals surface area (Å²) < 4.78 is 109. The smallest absolute Gasteiger partial charge is 0.321 e. The minimum Gasteiger partial charge on any atom is -0.746 e. The van der Waals surface area contributed by atoms with Crippen molar-refractivity contribution in [3.8, 4) is 28.6 Å². The fraction of sp³-hybridized carbons (Fsp3) is 0.194. The quantitative estimate of drug-likeness (QED) is 0.0738. The number of aromatic nitrogens is 7. The molecule has 0 saturated carbocycles. The third-order valence-corrected chi connectivity index (χ3v) is 11.0. The second-order valence-electron chi connectivity index (χ2n) is 13.6. The number of benzene rings is 3. The van der Waals surface area contributed by atoms with Crippen LogP contribution in [0, 0.1) is 0 Å². The van der Waals surface area contributed by atoms with E-state index >= 15 is 0 Å². The molecule has 3 aromatic carbocycles. The van der Waals surface area contributed by atoms with Crippen molar-refractivity contribution in [2.75, 3.05) is 12.3 Å². The third kappa shape index (κ3) is 9.51. The van der Waals surface area contributed by atoms with E-state index < -0.39 is 59.8 Å². The van der Waals surface area contributed by atoms with Crippen molar-refractivity contribution in [3.05, 3.63) is 120 Å². The standard InChI is InChI=1S/C36H33N8O15PS2/c37-32-29-34(39-18-38-32)44(19-40-29)36-31(46)30(45)28(56-36)17-55-60(47,48)57-35-26(15-21-6-10-23(11-7-21)58-61(49,50)51)42-33-25(14-20-4-2-1-3-5-20)41-27(16-43(33)35)22-8-12-24(13-9-22)59-62(52,53)54/h1-13,16,18-19,28,30-31,36,45-46H,14-15,17H2,(H,47,48)(H2,37,38,39)(H,49,50,51)(H,52,53,54)/p-3/t28-,30-,31-,36-/m1/s1. The maximum Gasteiger partial charge on any atom is 0.321 e. The van der Waals surface area contributed by atoms with Crippen molar-refractivity contribution in [1.29, 1.82) is 0 Å². The summed E-state index contributed by atoms with van der Waals surface area (Å²) in [5.74, 6) is -0.888. The molecule has 0 radical (unpaired) electrons. The highest BCUT2D eigenvalue weighted by atomic mass is 32.3. The first-order chi connectivity index (χ1) is 29.4. The van der Waals surface area contributed by atoms with Gasteiger partial charge in [0.1, 0.15) is 47.3 Å². The van der Waals surface area contributed by atoms with E-state index in [4.69, 9.17) is 29.5 Å². The number of aliphatic hydroxyl groups is 2. The lowest BCUT2D eigenvalue weighted by Gasteiger charge is -2.25. The molecule has 5 atom stereocenters. The van der Waals surface area contributed by atoms with Crippen LogP contribution < -0.4 is 23.5 Å². The molecule has 4 aromatic heterocycles. The van der Waals surface area contributed by atoms with Gasteiger partial charge in [-0.05, 0) is 47.5 Å². The summed E-state index contributed by atoms with van der Waals surface area (Å²) in [6.07, 6.45) is -2.14. The zero-order valence-electron chi connectivity index (χ0n) is 31.3. The highest BCUT2D eigenvalue weighted by Crippen LogP contribution is 2.44. The number of rotatable bonds is 15. The predicted molar refractivity (Wildman–Crippen MR) is 207 cm³/mol. The highest BCUT2D eigenvalue weighted by molar-refractivity contribution is 7.81. The minimum atomic E-state index is -5.45. The van der Waals surface area contributed by atoms with E-state index in [-0.39, 0.29) is 64.2 Å². The van der Waals surface area contributed by atoms with Gasteiger partial charge in [0.25, 0.3) is 20.8 Å². The molecule has 0 bridgehead atoms. The summed E-state index contributed by atoms with van der Waals surface area (Å²) in [6.45, 7) is -0.838. The van der Waals surface area contributed by atoms with Crippen molar-refractivity contribution in [2.45, 2.75) is 37.4 Å². The van der Waals surface area contributed by atoms with Gasteiger partial charge in [-0.1, -0.05) is 42.5 Å². The van der Waals surface area contributed by atoms with Gasteiger partial charge < -0.3 is 52.1 Å². The van der Waals surface area contributed by atoms with Crippen LogP contribution in [0.25, 0.3) is 28.1 Å². The number of anilines is 1. The van der Waals surface area contributed by atoms with Crippen LogP contribution in [0.3, 0.4) is 0 Å². The van der Waals surface area contributed by atoms with Gasteiger partial charge in [-0.3, -0.25) is 13.5 Å². The van der Waals surface area contributed by atoms with Crippen molar-refractivity contribution in [2.24, 2.45) is 0 Å². The van der Waals surface area contributed by atoms with Crippen LogP contribution >= 0.6 is 7.82 Å². The molecule has 324 valence electrons. The average molecular weight is 910 g/mol. The molecule has 62 heavy (non-hydrogen) atoms. The number of hydrogen-bond acceptors (Lipinski definition) is 21. The molecule has 1 saturated heterocycles. The first-order valence-corrected chi connectivity index (χ1v) is 22.1. The fourth-order valence-corrected chi connectivity index (χ4v) is 8.10. The van der Waals surface area contributed by atoms with E-state index in [1.807, 2.05) is 18.2 Å². The minimum absolute atomic E-state index is 0.00772. The number of phosphoric acid groups is 1. The molecule has 5 heterocycles. The van der Waals surface area contributed by atoms with Crippen molar-refractivity contribution < 1.29 is 67.8 Å². The second-order valence-corrected chi connectivity index (χ2v) is 16.9. The number of phosphoric ester groups is 1. The van der Waals surface area contributed by atoms with E-state index in [2.05, 4.69) is 23.3 Å². The molecule has 7 aromatic rings. The van der Waals surface area contributed by atoms with E-state index in [0.29, 0.717) is 16.8 Å². The summed E-state index contributed by atoms with van der Waals surface area (Å²) in [7, 11) is -15.6. The largest absolute Gasteiger partial charge is 0.746 e. The summed E-state index contributed by atoms with van der Waals surface area (Å²) in [6, 6.07) is 19.6. The number of nitrogens with zero attached hydrogens (tertiary/aromatic N) is 7. The Morgan fingerprint density at radius 1 is 0.790 bits per heavy atom. The zero-order chi connectivity index (χ0) is 44.0. The molecule has 0 amide bonds. The molecule has 26 heteroatoms. The topological polar surface area (TPSA) is 341 Å². The van der Waals surface area contributed by atoms with Gasteiger partial charge in [-0.2, -0.15) is 0 Å². The maximum absolute atomic E-state index is 13.8. The van der Waals surface area contributed by atoms with Gasteiger partial charge in [0.2, 0.25) is 5.88 Å². The first-order valence-electron chi connectivity index (χ1n) is 17.9. The number of hydrogen-bond donors (Lipinski definition) is 3. The Balaban J connectivity index is 1.15. The molecule has 1 aliphatic heterocycles. The zero-order valence-corrected chi connectivity index (χ0v) is 33.9. The van der Waals surface area contributed by atoms with Crippen molar-refractivity contribution in [3.63, 3.8) is 0 Å². The number of ether oxygens (including phenoxy) is 1. The Morgan fingerprint density at radius 3 is 2.08 bits per heavy atom. The van der Waals surface area contributed by atoms with Gasteiger partial charge in [0, 0.05) is 24.6 Å². The molecule has 1 fully saturated rings. The van der Waals surface area contributed by atoms with Crippen LogP contribution in [0.5, 0.6) is 17.4 Å². The Labute approximate surface area is 350 Å². The van der Waals surface area contributed by atoms with Gasteiger partial charge >= 0.3 is 7.82 Å². The maximum atomic E-state index is 13.8. The first kappa shape index (κ1) is 42.6. The predicted octanol–water partition coefficient (Wildman–Crippen LogP) is 1.16. The summed E-state index contributed by atoms with van der Waals surface area (Å²) in [4.78, 5) is 35.4. The number of imidazole rings is 2. The van der Waals surface area contributed by atoms with Crippen LogP contribution in [0.4, 0.5) is 5.82 Å². The molecule has 1 unspecified atom stereocenters. The molecule has 0 aliphatic carbocycles. The van der Waals surface area contributed by atoms with Crippen LogP contribution in [-0.4, -0.2) is 95.0 Å². The molecule has 1 aliphatic rings. The molecule has 8 rings (SSSR count). The van der Waals surface area contributed by atoms with E-state index in [1.165, 1.54) is 76.4 Å². The SMILES string of the molecule is Nc1ncnc2c1ncn2[C@@H]1O[C@H](COP(=O)([O-])Oc2c(Cc3ccc(OS(=O)(=O)[O-])cc3)nc3c(Cc4ccccc4)nc(-c4ccc(OS(=O)(=O)[O-])cc4)cn23)[C@@H](O)[C@H]1O. The van der Waals surface area contributed by atoms with E-state index in [0.717, 1.165) is 5.56 Å². The van der Waals surface area contributed by atoms with Crippen molar-refractivity contribution in [1.82, 2.24) is 33.9 Å². The normalized spacial score (nSPS) is 19.1. The Hall–Kier alpha value is -6.12. The Bertz CT molecular complexity index is 3050. The Kier molecular flexibility index (Phi) is 11.4. The third-order valence-electron chi connectivity index (χ3n) is 9.35. The van der Waals surface area contributed by atoms with Crippen LogP contribution in [0.1, 0.15) is 28.7 Å². The number of aliphatic hydroxyl groups excluding tert-OH is 2. The lowest BCUT2D eigenvalue weighted by molar-refractivity contribution is -0.220. The van der Waals surface area contributed by atoms with Gasteiger partial charge in [0.05, 0.1) is 24.3 Å². The summed E-state index contributed by atoms with van der Waals surface area (Å²) in [5.41, 5.74) is 8.49. The van der Waals surface area contributed by atoms with Crippen LogP contribution in [-0.2, 0) is 47.5 Å². The fourth-order valence-electron chi connectivity index (χ4n) is 6.62. The monoisotopic (exact) mass is 909 g/mol. The summed E-state index contributed by atoms with van der Waals surface area (Å²) >= 11 is 0. The second kappa shape index (κ2) is 16.6. The lowest BCUT2D eigenvalue weighted by Crippen LogP contribution is -2.34. The van der Waals surface area contributed by atoms with Crippen LogP contribution in [0.2, 0.25) is 0 Å². The Morgan fingerprint density at radius 2 is 1.42 bits per heavy atom. The van der Waals surface area contributed by atoms with Gasteiger partial charge in [-0.25, -0.2) is 41.8 Å². The van der Waals surface area contributed by atoms with E-state index in [1.54, 1.807) is 12.1 Å². The van der Waals surface area contributed by atoms with Gasteiger partial charge in [0.15, 0.2) is 23.3 Å². The molecule has 23 nitrogen and oxygen atoms in total. The molecule has 0 spiro atoms. The number of nitrogen functional groups attached to an aromatic ring is 1. The highest BCUT2D eigenvalue weighted by Gasteiger charge is 2.45. The van der Waals surface area contributed by atoms with E-state index in [9.17, 15) is 45.6 Å².